The van der Waals surface area contributed by atoms with E-state index in [1.807, 2.05) is 6.07 Å². The molecule has 0 radical (unpaired) electrons. The minimum Gasteiger partial charge on any atom is -0.316 e. The highest BCUT2D eigenvalue weighted by Crippen LogP contribution is 2.50. The van der Waals surface area contributed by atoms with Crippen LogP contribution in [0.1, 0.15) is 32.3 Å². The Balaban J connectivity index is 2.33. The largest absolute Gasteiger partial charge is 0.316 e. The van der Waals surface area contributed by atoms with Crippen molar-refractivity contribution in [2.75, 3.05) is 13.1 Å². The molecule has 17 heavy (non-hydrogen) atoms. The predicted octanol–water partition coefficient (Wildman–Crippen LogP) is 3.76. The Labute approximate surface area is 107 Å². The maximum Gasteiger partial charge on any atom is 0.124 e. The first-order valence-corrected chi connectivity index (χ1v) is 6.64. The normalized spacial score (nSPS) is 27.9. The molecule has 0 aliphatic heterocycles. The van der Waals surface area contributed by atoms with Gasteiger partial charge in [0.2, 0.25) is 0 Å². The highest BCUT2D eigenvalue weighted by atomic mass is 35.5. The van der Waals surface area contributed by atoms with E-state index in [0.29, 0.717) is 10.9 Å². The lowest BCUT2D eigenvalue weighted by Crippen LogP contribution is -2.50. The van der Waals surface area contributed by atoms with Crippen LogP contribution < -0.4 is 5.32 Å². The fraction of sp³-hybridized carbons (Fsp3) is 0.571. The quantitative estimate of drug-likeness (QED) is 0.864. The van der Waals surface area contributed by atoms with Crippen LogP contribution in [0.4, 0.5) is 4.39 Å². The zero-order valence-corrected chi connectivity index (χ0v) is 11.1. The zero-order valence-electron chi connectivity index (χ0n) is 10.4. The minimum atomic E-state index is -0.260. The Morgan fingerprint density at radius 1 is 1.53 bits per heavy atom. The molecule has 1 saturated carbocycles. The van der Waals surface area contributed by atoms with Gasteiger partial charge < -0.3 is 5.32 Å². The zero-order chi connectivity index (χ0) is 12.5. The van der Waals surface area contributed by atoms with Crippen LogP contribution in [0.2, 0.25) is 5.02 Å². The highest BCUT2D eigenvalue weighted by molar-refractivity contribution is 6.31. The van der Waals surface area contributed by atoms with E-state index < -0.39 is 0 Å². The third kappa shape index (κ3) is 2.21. The maximum absolute atomic E-state index is 13.1. The van der Waals surface area contributed by atoms with Gasteiger partial charge in [-0.1, -0.05) is 31.5 Å². The Hall–Kier alpha value is -0.600. The first kappa shape index (κ1) is 12.8. The molecule has 1 aromatic carbocycles. The maximum atomic E-state index is 13.1. The van der Waals surface area contributed by atoms with Crippen LogP contribution in [0.15, 0.2) is 18.2 Å². The van der Waals surface area contributed by atoms with E-state index in [1.165, 1.54) is 18.6 Å². The molecule has 2 unspecified atom stereocenters. The summed E-state index contributed by atoms with van der Waals surface area (Å²) in [5, 5.41) is 3.97. The molecule has 2 atom stereocenters. The van der Waals surface area contributed by atoms with Crippen LogP contribution in [0, 0.1) is 11.7 Å². The molecule has 0 bridgehead atoms. The number of hydrogen-bond acceptors (Lipinski definition) is 1. The smallest absolute Gasteiger partial charge is 0.124 e. The summed E-state index contributed by atoms with van der Waals surface area (Å²) in [5.74, 6) is 0.342. The molecule has 0 aromatic heterocycles. The molecule has 1 aliphatic carbocycles. The molecule has 1 aromatic rings. The molecule has 1 N–H and O–H groups in total. The number of likely N-dealkylation sites (N-methyl/N-ethyl adjacent to an activating group) is 1. The van der Waals surface area contributed by atoms with Crippen molar-refractivity contribution in [1.82, 2.24) is 5.32 Å². The van der Waals surface area contributed by atoms with Crippen LogP contribution in [0.25, 0.3) is 0 Å². The minimum absolute atomic E-state index is 0.0980. The van der Waals surface area contributed by atoms with Gasteiger partial charge in [0, 0.05) is 17.0 Å². The van der Waals surface area contributed by atoms with Gasteiger partial charge >= 0.3 is 0 Å². The van der Waals surface area contributed by atoms with Crippen LogP contribution in [-0.2, 0) is 5.41 Å². The van der Waals surface area contributed by atoms with Gasteiger partial charge in [-0.2, -0.15) is 0 Å². The molecule has 1 fully saturated rings. The van der Waals surface area contributed by atoms with Crippen LogP contribution >= 0.6 is 11.6 Å². The Morgan fingerprint density at radius 2 is 2.29 bits per heavy atom. The Morgan fingerprint density at radius 3 is 2.76 bits per heavy atom. The Kier molecular flexibility index (Phi) is 3.74. The first-order chi connectivity index (χ1) is 8.10. The molecule has 94 valence electrons. The van der Waals surface area contributed by atoms with E-state index in [2.05, 4.69) is 19.2 Å². The van der Waals surface area contributed by atoms with E-state index >= 15 is 0 Å². The summed E-state index contributed by atoms with van der Waals surface area (Å²) in [6, 6.07) is 4.79. The van der Waals surface area contributed by atoms with Crippen molar-refractivity contribution in [2.24, 2.45) is 5.92 Å². The lowest BCUT2D eigenvalue weighted by atomic mass is 9.57. The second kappa shape index (κ2) is 4.95. The van der Waals surface area contributed by atoms with Crippen molar-refractivity contribution < 1.29 is 4.39 Å². The monoisotopic (exact) mass is 255 g/mol. The summed E-state index contributed by atoms with van der Waals surface area (Å²) in [7, 11) is 0. The van der Waals surface area contributed by atoms with Crippen molar-refractivity contribution in [2.45, 2.75) is 32.1 Å². The summed E-state index contributed by atoms with van der Waals surface area (Å²) in [5.41, 5.74) is 1.20. The molecule has 1 aliphatic rings. The third-order valence-electron chi connectivity index (χ3n) is 4.12. The van der Waals surface area contributed by atoms with E-state index in [1.54, 1.807) is 0 Å². The SMILES string of the molecule is CCNCC1(c2ccc(F)cc2Cl)CCC1C. The van der Waals surface area contributed by atoms with Crippen LogP contribution in [0.3, 0.4) is 0 Å². The average Bonchev–Trinajstić information content (AvgIpc) is 2.30. The number of nitrogens with one attached hydrogen (secondary N) is 1. The lowest BCUT2D eigenvalue weighted by Gasteiger charge is -2.49. The summed E-state index contributed by atoms with van der Waals surface area (Å²) in [4.78, 5) is 0. The number of halogens is 2. The number of rotatable bonds is 4. The van der Waals surface area contributed by atoms with E-state index in [4.69, 9.17) is 11.6 Å². The van der Waals surface area contributed by atoms with Gasteiger partial charge in [0.05, 0.1) is 0 Å². The average molecular weight is 256 g/mol. The van der Waals surface area contributed by atoms with E-state index in [0.717, 1.165) is 25.1 Å². The molecular weight excluding hydrogens is 237 g/mol. The van der Waals surface area contributed by atoms with Crippen molar-refractivity contribution in [3.8, 4) is 0 Å². The standard InChI is InChI=1S/C14H19ClFN/c1-3-17-9-14(7-6-10(14)2)12-5-4-11(16)8-13(12)15/h4-5,8,10,17H,3,6-7,9H2,1-2H3. The predicted molar refractivity (Wildman–Crippen MR) is 70.0 cm³/mol. The van der Waals surface area contributed by atoms with E-state index in [9.17, 15) is 4.39 Å². The molecule has 0 saturated heterocycles. The number of benzene rings is 1. The first-order valence-electron chi connectivity index (χ1n) is 6.26. The summed E-state index contributed by atoms with van der Waals surface area (Å²) < 4.78 is 13.1. The van der Waals surface area contributed by atoms with Crippen LogP contribution in [-0.4, -0.2) is 13.1 Å². The molecular formula is C14H19ClFN. The Bertz CT molecular complexity index is 407. The third-order valence-corrected chi connectivity index (χ3v) is 4.44. The molecule has 0 amide bonds. The molecule has 0 heterocycles. The van der Waals surface area contributed by atoms with Gasteiger partial charge in [0.25, 0.3) is 0 Å². The molecule has 2 rings (SSSR count). The van der Waals surface area contributed by atoms with E-state index in [-0.39, 0.29) is 11.2 Å². The van der Waals surface area contributed by atoms with Gasteiger partial charge in [0.1, 0.15) is 5.82 Å². The van der Waals surface area contributed by atoms with Gasteiger partial charge in [-0.15, -0.1) is 0 Å². The van der Waals surface area contributed by atoms with Crippen molar-refractivity contribution in [3.05, 3.63) is 34.6 Å². The topological polar surface area (TPSA) is 12.0 Å². The second-order valence-electron chi connectivity index (χ2n) is 5.00. The summed E-state index contributed by atoms with van der Waals surface area (Å²) >= 11 is 6.20. The molecule has 0 spiro atoms. The van der Waals surface area contributed by atoms with Gasteiger partial charge in [0.15, 0.2) is 0 Å². The molecule has 1 nitrogen and oxygen atoms in total. The van der Waals surface area contributed by atoms with Crippen molar-refractivity contribution in [3.63, 3.8) is 0 Å². The highest BCUT2D eigenvalue weighted by Gasteiger charge is 2.45. The second-order valence-corrected chi connectivity index (χ2v) is 5.41. The fourth-order valence-corrected chi connectivity index (χ4v) is 3.14. The molecule has 3 heteroatoms. The van der Waals surface area contributed by atoms with Crippen molar-refractivity contribution >= 4 is 11.6 Å². The fourth-order valence-electron chi connectivity index (χ4n) is 2.78. The van der Waals surface area contributed by atoms with Crippen LogP contribution in [0.5, 0.6) is 0 Å². The summed E-state index contributed by atoms with van der Waals surface area (Å²) in [6.45, 7) is 6.23. The van der Waals surface area contributed by atoms with Gasteiger partial charge in [-0.3, -0.25) is 0 Å². The van der Waals surface area contributed by atoms with Crippen molar-refractivity contribution in [1.29, 1.82) is 0 Å². The number of hydrogen-bond donors (Lipinski definition) is 1. The van der Waals surface area contributed by atoms with Gasteiger partial charge in [-0.05, 0) is 43.0 Å². The van der Waals surface area contributed by atoms with Gasteiger partial charge in [-0.25, -0.2) is 4.39 Å². The summed E-state index contributed by atoms with van der Waals surface area (Å²) in [6.07, 6.45) is 2.35. The lowest BCUT2D eigenvalue weighted by molar-refractivity contribution is 0.135.